The fourth-order valence-corrected chi connectivity index (χ4v) is 4.39. The molecular formula is C30H40F3N3O5. The lowest BCUT2D eigenvalue weighted by molar-refractivity contribution is -0.00942. The number of carbonyl (C=O) groups excluding carboxylic acids is 2. The molecule has 11 heteroatoms. The second kappa shape index (κ2) is 12.2. The third-order valence-corrected chi connectivity index (χ3v) is 6.34. The minimum atomic E-state index is -3.28. The van der Waals surface area contributed by atoms with Crippen molar-refractivity contribution >= 4 is 12.2 Å². The van der Waals surface area contributed by atoms with E-state index in [1.54, 1.807) is 78.9 Å². The van der Waals surface area contributed by atoms with Crippen molar-refractivity contribution in [3.63, 3.8) is 0 Å². The van der Waals surface area contributed by atoms with Gasteiger partial charge in [0.2, 0.25) is 0 Å². The van der Waals surface area contributed by atoms with Crippen LogP contribution in [-0.4, -0.2) is 77.9 Å². The van der Waals surface area contributed by atoms with Crippen LogP contribution in [-0.2, 0) is 15.9 Å². The van der Waals surface area contributed by atoms with Gasteiger partial charge in [-0.15, -0.1) is 0 Å². The summed E-state index contributed by atoms with van der Waals surface area (Å²) in [7, 11) is 1.56. The van der Waals surface area contributed by atoms with Crippen molar-refractivity contribution in [1.29, 1.82) is 0 Å². The van der Waals surface area contributed by atoms with E-state index in [4.69, 9.17) is 19.9 Å². The minimum absolute atomic E-state index is 0.000224. The molecule has 3 rings (SSSR count). The van der Waals surface area contributed by atoms with E-state index in [1.165, 1.54) is 17.0 Å². The molecule has 2 N–H and O–H groups in total. The lowest BCUT2D eigenvalue weighted by Crippen LogP contribution is -2.47. The SMILES string of the molecule is CN(CCOc1c(F)cccc1-c1cccc(CC2C(N)C(F)(F)CN2C(=O)OC(C)(C)C)c1)C(=O)OC(C)(C)C. The van der Waals surface area contributed by atoms with E-state index in [-0.39, 0.29) is 25.3 Å². The molecule has 2 amide bonds. The number of para-hydroxylation sites is 1. The Labute approximate surface area is 239 Å². The van der Waals surface area contributed by atoms with Crippen molar-refractivity contribution < 1.29 is 37.0 Å². The highest BCUT2D eigenvalue weighted by molar-refractivity contribution is 5.72. The second-order valence-electron chi connectivity index (χ2n) is 12.2. The molecule has 41 heavy (non-hydrogen) atoms. The monoisotopic (exact) mass is 579 g/mol. The van der Waals surface area contributed by atoms with Crippen molar-refractivity contribution in [2.24, 2.45) is 5.73 Å². The molecule has 1 fully saturated rings. The summed E-state index contributed by atoms with van der Waals surface area (Å²) in [6.07, 6.45) is -1.35. The van der Waals surface area contributed by atoms with Gasteiger partial charge in [-0.3, -0.25) is 4.90 Å². The van der Waals surface area contributed by atoms with E-state index >= 15 is 0 Å². The summed E-state index contributed by atoms with van der Waals surface area (Å²) in [5, 5.41) is 0. The number of likely N-dealkylation sites (N-methyl/N-ethyl adjacent to an activating group) is 1. The number of likely N-dealkylation sites (tertiary alicyclic amines) is 1. The molecule has 0 saturated carbocycles. The van der Waals surface area contributed by atoms with Gasteiger partial charge < -0.3 is 24.8 Å². The highest BCUT2D eigenvalue weighted by atomic mass is 19.3. The number of halogens is 3. The molecule has 0 aliphatic carbocycles. The Morgan fingerprint density at radius 1 is 1.05 bits per heavy atom. The molecule has 8 nitrogen and oxygen atoms in total. The number of nitrogens with two attached hydrogens (primary N) is 1. The first-order valence-corrected chi connectivity index (χ1v) is 13.5. The summed E-state index contributed by atoms with van der Waals surface area (Å²) in [5.41, 5.74) is 6.05. The van der Waals surface area contributed by atoms with E-state index in [1.807, 2.05) is 0 Å². The zero-order valence-electron chi connectivity index (χ0n) is 24.7. The summed E-state index contributed by atoms with van der Waals surface area (Å²) in [5.74, 6) is -3.89. The van der Waals surface area contributed by atoms with Crippen LogP contribution in [0, 0.1) is 5.82 Å². The Bertz CT molecular complexity index is 1240. The second-order valence-corrected chi connectivity index (χ2v) is 12.2. The standard InChI is InChI=1S/C30H40F3N3O5/c1-28(2,3)40-26(37)35(7)14-15-39-24-21(12-9-13-22(24)31)20-11-8-10-19(16-20)17-23-25(34)30(32,33)18-36(23)27(38)41-29(4,5)6/h8-13,16,23,25H,14-15,17-18,34H2,1-7H3. The van der Waals surface area contributed by atoms with Crippen LogP contribution in [0.25, 0.3) is 11.1 Å². The number of hydrogen-bond acceptors (Lipinski definition) is 6. The van der Waals surface area contributed by atoms with Gasteiger partial charge >= 0.3 is 12.2 Å². The number of amides is 2. The Morgan fingerprint density at radius 3 is 2.32 bits per heavy atom. The molecule has 2 aromatic carbocycles. The van der Waals surface area contributed by atoms with Crippen LogP contribution in [0.1, 0.15) is 47.1 Å². The van der Waals surface area contributed by atoms with Crippen LogP contribution in [0.5, 0.6) is 5.75 Å². The molecule has 226 valence electrons. The van der Waals surface area contributed by atoms with Crippen molar-refractivity contribution in [2.75, 3.05) is 26.7 Å². The van der Waals surface area contributed by atoms with Crippen LogP contribution < -0.4 is 10.5 Å². The highest BCUT2D eigenvalue weighted by Gasteiger charge is 2.54. The smallest absolute Gasteiger partial charge is 0.410 e. The first-order valence-electron chi connectivity index (χ1n) is 13.5. The number of benzene rings is 2. The molecular weight excluding hydrogens is 539 g/mol. The van der Waals surface area contributed by atoms with E-state index < -0.39 is 53.8 Å². The van der Waals surface area contributed by atoms with Crippen molar-refractivity contribution in [2.45, 2.75) is 77.2 Å². The number of rotatable bonds is 7. The molecule has 0 bridgehead atoms. The van der Waals surface area contributed by atoms with Gasteiger partial charge in [0.05, 0.1) is 25.2 Å². The first kappa shape index (κ1) is 32.0. The van der Waals surface area contributed by atoms with Crippen molar-refractivity contribution in [3.8, 4) is 16.9 Å². The predicted molar refractivity (Wildman–Crippen MR) is 150 cm³/mol. The average Bonchev–Trinajstić information content (AvgIpc) is 3.06. The fraction of sp³-hybridized carbons (Fsp3) is 0.533. The van der Waals surface area contributed by atoms with Gasteiger partial charge in [-0.25, -0.2) is 22.8 Å². The number of carbonyl (C=O) groups is 2. The van der Waals surface area contributed by atoms with Gasteiger partial charge in [-0.05, 0) is 65.2 Å². The van der Waals surface area contributed by atoms with Gasteiger partial charge in [0.15, 0.2) is 11.6 Å². The van der Waals surface area contributed by atoms with Crippen LogP contribution >= 0.6 is 0 Å². The molecule has 1 saturated heterocycles. The van der Waals surface area contributed by atoms with Crippen molar-refractivity contribution in [3.05, 3.63) is 53.8 Å². The third kappa shape index (κ3) is 8.51. The first-order chi connectivity index (χ1) is 18.9. The molecule has 1 heterocycles. The minimum Gasteiger partial charge on any atom is -0.488 e. The Hall–Kier alpha value is -3.47. The van der Waals surface area contributed by atoms with Gasteiger partial charge in [0.1, 0.15) is 17.8 Å². The van der Waals surface area contributed by atoms with Gasteiger partial charge in [0, 0.05) is 12.6 Å². The van der Waals surface area contributed by atoms with E-state index in [0.29, 0.717) is 16.7 Å². The summed E-state index contributed by atoms with van der Waals surface area (Å²) in [4.78, 5) is 27.3. The molecule has 1 aliphatic rings. The molecule has 0 radical (unpaired) electrons. The third-order valence-electron chi connectivity index (χ3n) is 6.34. The predicted octanol–water partition coefficient (Wildman–Crippen LogP) is 5.86. The fourth-order valence-electron chi connectivity index (χ4n) is 4.39. The molecule has 2 aromatic rings. The maximum atomic E-state index is 14.9. The normalized spacial score (nSPS) is 18.7. The molecule has 2 atom stereocenters. The summed E-state index contributed by atoms with van der Waals surface area (Å²) >= 11 is 0. The zero-order chi connectivity index (χ0) is 30.8. The van der Waals surface area contributed by atoms with Crippen LogP contribution in [0.2, 0.25) is 0 Å². The van der Waals surface area contributed by atoms with Crippen LogP contribution in [0.3, 0.4) is 0 Å². The van der Waals surface area contributed by atoms with Crippen molar-refractivity contribution in [1.82, 2.24) is 9.80 Å². The van der Waals surface area contributed by atoms with Gasteiger partial charge in [-0.1, -0.05) is 36.4 Å². The topological polar surface area (TPSA) is 94.3 Å². The molecule has 0 spiro atoms. The van der Waals surface area contributed by atoms with E-state index in [0.717, 1.165) is 4.90 Å². The molecule has 2 unspecified atom stereocenters. The summed E-state index contributed by atoms with van der Waals surface area (Å²) in [6.45, 7) is 9.56. The number of alkyl halides is 2. The lowest BCUT2D eigenvalue weighted by atomic mass is 9.96. The highest BCUT2D eigenvalue weighted by Crippen LogP contribution is 2.36. The van der Waals surface area contributed by atoms with Crippen LogP contribution in [0.15, 0.2) is 42.5 Å². The zero-order valence-corrected chi connectivity index (χ0v) is 24.7. The quantitative estimate of drug-likeness (QED) is 0.442. The van der Waals surface area contributed by atoms with Crippen LogP contribution in [0.4, 0.5) is 22.8 Å². The lowest BCUT2D eigenvalue weighted by Gasteiger charge is -2.29. The largest absolute Gasteiger partial charge is 0.488 e. The number of nitrogens with zero attached hydrogens (tertiary/aromatic N) is 2. The number of ether oxygens (including phenoxy) is 3. The number of hydrogen-bond donors (Lipinski definition) is 1. The summed E-state index contributed by atoms with van der Waals surface area (Å²) < 4.78 is 60.6. The summed E-state index contributed by atoms with van der Waals surface area (Å²) in [6, 6.07) is 8.79. The van der Waals surface area contributed by atoms with Gasteiger partial charge in [-0.2, -0.15) is 0 Å². The maximum Gasteiger partial charge on any atom is 0.410 e. The molecule has 0 aromatic heterocycles. The van der Waals surface area contributed by atoms with E-state index in [2.05, 4.69) is 0 Å². The van der Waals surface area contributed by atoms with E-state index in [9.17, 15) is 22.8 Å². The maximum absolute atomic E-state index is 14.9. The Kier molecular flexibility index (Phi) is 9.52. The van der Waals surface area contributed by atoms with Gasteiger partial charge in [0.25, 0.3) is 5.92 Å². The Balaban J connectivity index is 1.80. The average molecular weight is 580 g/mol. The Morgan fingerprint density at radius 2 is 1.68 bits per heavy atom. The molecule has 1 aliphatic heterocycles.